The van der Waals surface area contributed by atoms with Crippen molar-refractivity contribution in [2.24, 2.45) is 5.92 Å². The Bertz CT molecular complexity index is 1340. The summed E-state index contributed by atoms with van der Waals surface area (Å²) in [4.78, 5) is 35.4. The Morgan fingerprint density at radius 3 is 2.81 bits per heavy atom. The maximum Gasteiger partial charge on any atom is 0.262 e. The van der Waals surface area contributed by atoms with Crippen LogP contribution in [-0.4, -0.2) is 72.8 Å². The van der Waals surface area contributed by atoms with Gasteiger partial charge in [0.05, 0.1) is 17.9 Å². The summed E-state index contributed by atoms with van der Waals surface area (Å²) in [6.45, 7) is 3.46. The van der Waals surface area contributed by atoms with Gasteiger partial charge in [-0.1, -0.05) is 6.07 Å². The van der Waals surface area contributed by atoms with Gasteiger partial charge in [0, 0.05) is 25.0 Å². The van der Waals surface area contributed by atoms with E-state index in [1.165, 1.54) is 0 Å². The fourth-order valence-corrected chi connectivity index (χ4v) is 4.84. The normalized spacial score (nSPS) is 17.8. The molecule has 9 heteroatoms. The van der Waals surface area contributed by atoms with E-state index in [1.54, 1.807) is 18.2 Å². The maximum absolute atomic E-state index is 13.0. The van der Waals surface area contributed by atoms with Crippen molar-refractivity contribution in [2.75, 3.05) is 46.9 Å². The lowest BCUT2D eigenvalue weighted by Gasteiger charge is -2.25. The van der Waals surface area contributed by atoms with Crippen LogP contribution in [0.5, 0.6) is 11.5 Å². The van der Waals surface area contributed by atoms with Crippen molar-refractivity contribution >= 4 is 16.9 Å². The molecule has 5 rings (SSSR count). The lowest BCUT2D eigenvalue weighted by molar-refractivity contribution is 0.0949. The van der Waals surface area contributed by atoms with E-state index in [1.807, 2.05) is 31.1 Å². The van der Waals surface area contributed by atoms with Crippen molar-refractivity contribution in [3.63, 3.8) is 0 Å². The standard InChI is InChI=1S/C28H35N5O4/c1-33(2)12-11-30-27(35)21-13-20-19(18-5-4-10-29-15-18)14-22(31-26(20)32-28(21)36)25-23(34)6-3-7-24(25)37-16-17-8-9-17/h3,6-7,13-14,17-18,29,34H,4-5,8-12,15-16H2,1-2H3,(H,30,35)(H,31,32,36). The van der Waals surface area contributed by atoms with Gasteiger partial charge < -0.3 is 30.4 Å². The van der Waals surface area contributed by atoms with Gasteiger partial charge in [-0.05, 0) is 88.0 Å². The first-order valence-corrected chi connectivity index (χ1v) is 13.1. The number of nitrogens with zero attached hydrogens (tertiary/aromatic N) is 2. The highest BCUT2D eigenvalue weighted by molar-refractivity contribution is 5.98. The highest BCUT2D eigenvalue weighted by Crippen LogP contribution is 2.41. The number of phenolic OH excluding ortho intramolecular Hbond substituents is 1. The SMILES string of the molecule is CN(C)CCNC(=O)c1cc2c(C3CCCNC3)cc(-c3c(O)cccc3OCC3CC3)nc2[nH]c1=O. The number of benzene rings is 1. The summed E-state index contributed by atoms with van der Waals surface area (Å²) in [7, 11) is 3.85. The summed E-state index contributed by atoms with van der Waals surface area (Å²) in [6, 6.07) is 8.86. The third-order valence-electron chi connectivity index (χ3n) is 7.11. The van der Waals surface area contributed by atoms with Crippen LogP contribution in [0.2, 0.25) is 0 Å². The zero-order valence-corrected chi connectivity index (χ0v) is 21.5. The number of hydrogen-bond acceptors (Lipinski definition) is 7. The average Bonchev–Trinajstić information content (AvgIpc) is 3.71. The molecule has 196 valence electrons. The Hall–Kier alpha value is -3.43. The summed E-state index contributed by atoms with van der Waals surface area (Å²) in [5, 5.41) is 17.9. The number of hydrogen-bond donors (Lipinski definition) is 4. The van der Waals surface area contributed by atoms with Crippen LogP contribution in [0.4, 0.5) is 0 Å². The number of likely N-dealkylation sites (N-methyl/N-ethyl adjacent to an activating group) is 1. The zero-order chi connectivity index (χ0) is 25.9. The molecule has 2 fully saturated rings. The van der Waals surface area contributed by atoms with Crippen LogP contribution in [0.25, 0.3) is 22.3 Å². The van der Waals surface area contributed by atoms with Gasteiger partial charge in [-0.25, -0.2) is 4.98 Å². The van der Waals surface area contributed by atoms with Gasteiger partial charge >= 0.3 is 0 Å². The van der Waals surface area contributed by atoms with E-state index in [4.69, 9.17) is 9.72 Å². The Labute approximate surface area is 216 Å². The topological polar surface area (TPSA) is 120 Å². The number of carbonyl (C=O) groups excluding carboxylic acids is 1. The van der Waals surface area contributed by atoms with Crippen molar-refractivity contribution in [3.05, 3.63) is 51.8 Å². The van der Waals surface area contributed by atoms with Gasteiger partial charge in [-0.2, -0.15) is 0 Å². The van der Waals surface area contributed by atoms with Crippen LogP contribution >= 0.6 is 0 Å². The van der Waals surface area contributed by atoms with Crippen LogP contribution in [-0.2, 0) is 0 Å². The van der Waals surface area contributed by atoms with E-state index in [2.05, 4.69) is 15.6 Å². The molecule has 1 atom stereocenters. The van der Waals surface area contributed by atoms with Crippen LogP contribution in [0.3, 0.4) is 0 Å². The molecule has 1 saturated carbocycles. The van der Waals surface area contributed by atoms with E-state index >= 15 is 0 Å². The number of piperidine rings is 1. The predicted molar refractivity (Wildman–Crippen MR) is 143 cm³/mol. The second-order valence-corrected chi connectivity index (χ2v) is 10.4. The number of phenols is 1. The van der Waals surface area contributed by atoms with E-state index < -0.39 is 11.5 Å². The Morgan fingerprint density at radius 1 is 1.24 bits per heavy atom. The molecule has 37 heavy (non-hydrogen) atoms. The summed E-state index contributed by atoms with van der Waals surface area (Å²) >= 11 is 0. The molecule has 3 heterocycles. The minimum Gasteiger partial charge on any atom is -0.507 e. The first-order chi connectivity index (χ1) is 17.9. The van der Waals surface area contributed by atoms with Gasteiger partial charge in [-0.3, -0.25) is 9.59 Å². The molecule has 2 aliphatic rings. The smallest absolute Gasteiger partial charge is 0.262 e. The number of pyridine rings is 2. The van der Waals surface area contributed by atoms with E-state index in [9.17, 15) is 14.7 Å². The van der Waals surface area contributed by atoms with Crippen LogP contribution < -0.4 is 20.9 Å². The van der Waals surface area contributed by atoms with Crippen LogP contribution in [0.1, 0.15) is 47.5 Å². The summed E-state index contributed by atoms with van der Waals surface area (Å²) in [5.74, 6) is 0.980. The van der Waals surface area contributed by atoms with E-state index in [0.717, 1.165) is 49.7 Å². The summed E-state index contributed by atoms with van der Waals surface area (Å²) in [5.41, 5.74) is 2.01. The van der Waals surface area contributed by atoms with Gasteiger partial charge in [0.25, 0.3) is 11.5 Å². The molecular formula is C28H35N5O4. The summed E-state index contributed by atoms with van der Waals surface area (Å²) in [6.07, 6.45) is 4.32. The van der Waals surface area contributed by atoms with Crippen molar-refractivity contribution in [1.29, 1.82) is 0 Å². The number of amides is 1. The third kappa shape index (κ3) is 5.78. The van der Waals surface area contributed by atoms with Gasteiger partial charge in [0.15, 0.2) is 0 Å². The third-order valence-corrected chi connectivity index (χ3v) is 7.11. The molecule has 0 radical (unpaired) electrons. The molecule has 0 spiro atoms. The largest absolute Gasteiger partial charge is 0.507 e. The number of rotatable bonds is 9. The molecular weight excluding hydrogens is 470 g/mol. The second kappa shape index (κ2) is 10.9. The number of fused-ring (bicyclic) bond motifs is 1. The zero-order valence-electron chi connectivity index (χ0n) is 21.5. The second-order valence-electron chi connectivity index (χ2n) is 10.4. The molecule has 0 bridgehead atoms. The maximum atomic E-state index is 13.0. The highest BCUT2D eigenvalue weighted by Gasteiger charge is 2.25. The number of nitrogens with one attached hydrogen (secondary N) is 3. The number of H-pyrrole nitrogens is 1. The molecule has 1 aliphatic carbocycles. The number of carbonyl (C=O) groups is 1. The molecule has 4 N–H and O–H groups in total. The molecule has 3 aromatic rings. The molecule has 1 aromatic carbocycles. The first kappa shape index (κ1) is 25.2. The number of aromatic amines is 1. The Morgan fingerprint density at radius 2 is 2.08 bits per heavy atom. The predicted octanol–water partition coefficient (Wildman–Crippen LogP) is 2.84. The van der Waals surface area contributed by atoms with Crippen molar-refractivity contribution in [1.82, 2.24) is 25.5 Å². The van der Waals surface area contributed by atoms with Gasteiger partial charge in [-0.15, -0.1) is 0 Å². The molecule has 1 saturated heterocycles. The van der Waals surface area contributed by atoms with Gasteiger partial charge in [0.1, 0.15) is 22.7 Å². The molecule has 1 unspecified atom stereocenters. The van der Waals surface area contributed by atoms with Crippen LogP contribution in [0.15, 0.2) is 35.1 Å². The lowest BCUT2D eigenvalue weighted by atomic mass is 9.88. The molecule has 2 aromatic heterocycles. The minimum atomic E-state index is -0.491. The Kier molecular flexibility index (Phi) is 7.43. The highest BCUT2D eigenvalue weighted by atomic mass is 16.5. The van der Waals surface area contributed by atoms with Gasteiger partial charge in [0.2, 0.25) is 0 Å². The number of aromatic hydroxyl groups is 1. The number of ether oxygens (including phenoxy) is 1. The monoisotopic (exact) mass is 505 g/mol. The first-order valence-electron chi connectivity index (χ1n) is 13.1. The quantitative estimate of drug-likeness (QED) is 0.353. The summed E-state index contributed by atoms with van der Waals surface area (Å²) < 4.78 is 6.08. The van der Waals surface area contributed by atoms with Crippen molar-refractivity contribution in [3.8, 4) is 22.8 Å². The average molecular weight is 506 g/mol. The van der Waals surface area contributed by atoms with Crippen molar-refractivity contribution < 1.29 is 14.6 Å². The van der Waals surface area contributed by atoms with Crippen LogP contribution in [0, 0.1) is 5.92 Å². The van der Waals surface area contributed by atoms with E-state index in [-0.39, 0.29) is 17.2 Å². The molecule has 9 nitrogen and oxygen atoms in total. The Balaban J connectivity index is 1.59. The van der Waals surface area contributed by atoms with Crippen molar-refractivity contribution in [2.45, 2.75) is 31.6 Å². The minimum absolute atomic E-state index is 0.0711. The van der Waals surface area contributed by atoms with E-state index in [0.29, 0.717) is 48.3 Å². The lowest BCUT2D eigenvalue weighted by Crippen LogP contribution is -2.34. The molecule has 1 aliphatic heterocycles. The molecule has 1 amide bonds. The number of aromatic nitrogens is 2. The fourth-order valence-electron chi connectivity index (χ4n) is 4.84. The fraction of sp³-hybridized carbons (Fsp3) is 0.464.